The van der Waals surface area contributed by atoms with Crippen molar-refractivity contribution in [3.63, 3.8) is 0 Å². The second kappa shape index (κ2) is 11.1. The third kappa shape index (κ3) is 5.96. The number of carbonyl (C=O) groups is 1. The van der Waals surface area contributed by atoms with E-state index in [4.69, 9.17) is 10.5 Å². The summed E-state index contributed by atoms with van der Waals surface area (Å²) in [6.45, 7) is 5.92. The number of nitrogens with zero attached hydrogens (tertiary/aromatic N) is 2. The molecule has 2 aromatic carbocycles. The summed E-state index contributed by atoms with van der Waals surface area (Å²) in [7, 11) is 1.62. The normalized spacial score (nSPS) is 15.1. The lowest BCUT2D eigenvalue weighted by atomic mass is 10.0. The lowest BCUT2D eigenvalue weighted by Gasteiger charge is -2.32. The maximum atomic E-state index is 13.8. The Kier molecular flexibility index (Phi) is 7.95. The molecule has 1 fully saturated rings. The molecule has 2 heterocycles. The number of aryl methyl sites for hydroxylation is 1. The maximum Gasteiger partial charge on any atom is 0.251 e. The first kappa shape index (κ1) is 25.0. The molecule has 0 atom stereocenters. The van der Waals surface area contributed by atoms with E-state index in [-0.39, 0.29) is 16.9 Å². The molecule has 186 valence electrons. The van der Waals surface area contributed by atoms with Gasteiger partial charge in [0.05, 0.1) is 17.7 Å². The number of primary amides is 1. The summed E-state index contributed by atoms with van der Waals surface area (Å²) in [4.78, 5) is 27.2. The van der Waals surface area contributed by atoms with Crippen LogP contribution in [0.4, 0.5) is 4.39 Å². The second-order valence-corrected chi connectivity index (χ2v) is 9.28. The number of ether oxygens (including phenoxy) is 1. The van der Waals surface area contributed by atoms with Gasteiger partial charge in [0.1, 0.15) is 5.82 Å². The summed E-state index contributed by atoms with van der Waals surface area (Å²) in [5.41, 5.74) is 8.77. The van der Waals surface area contributed by atoms with E-state index in [2.05, 4.69) is 10.2 Å². The number of hydrogen-bond acceptors (Lipinski definition) is 5. The monoisotopic (exact) mass is 480 g/mol. The van der Waals surface area contributed by atoms with E-state index in [0.29, 0.717) is 42.2 Å². The fraction of sp³-hybridized carbons (Fsp3) is 0.407. The van der Waals surface area contributed by atoms with Gasteiger partial charge in [-0.3, -0.25) is 9.59 Å². The lowest BCUT2D eigenvalue weighted by Crippen LogP contribution is -2.43. The molecule has 4 rings (SSSR count). The number of methoxy groups -OCH3 is 1. The van der Waals surface area contributed by atoms with Crippen molar-refractivity contribution in [3.05, 3.63) is 80.9 Å². The average molecular weight is 481 g/mol. The van der Waals surface area contributed by atoms with Gasteiger partial charge in [-0.25, -0.2) is 4.39 Å². The molecule has 35 heavy (non-hydrogen) atoms. The molecule has 0 radical (unpaired) electrons. The number of aromatic nitrogens is 1. The Morgan fingerprint density at radius 3 is 2.54 bits per heavy atom. The molecule has 7 nitrogen and oxygen atoms in total. The molecule has 3 N–H and O–H groups in total. The van der Waals surface area contributed by atoms with Gasteiger partial charge in [0, 0.05) is 44.2 Å². The summed E-state index contributed by atoms with van der Waals surface area (Å²) in [6, 6.07) is 12.7. The maximum absolute atomic E-state index is 13.8. The van der Waals surface area contributed by atoms with Gasteiger partial charge in [0.2, 0.25) is 5.91 Å². The summed E-state index contributed by atoms with van der Waals surface area (Å²) in [5, 5.41) is 4.22. The minimum Gasteiger partial charge on any atom is -0.380 e. The van der Waals surface area contributed by atoms with Crippen LogP contribution >= 0.6 is 0 Å². The number of halogens is 1. The zero-order valence-corrected chi connectivity index (χ0v) is 20.4. The van der Waals surface area contributed by atoms with Crippen molar-refractivity contribution in [1.29, 1.82) is 0 Å². The largest absolute Gasteiger partial charge is 0.380 e. The van der Waals surface area contributed by atoms with Crippen LogP contribution in [0.5, 0.6) is 0 Å². The standard InChI is InChI=1S/C27H33FN4O3/c1-18-3-4-19(13-24(18)28)16-30-21-7-9-31(10-8-21)11-12-32-25-14-20(17-35-2)5-6-22(25)23(27(29)34)15-26(32)33/h3-6,13-15,21,30H,7-12,16-17H2,1-2H3,(H2,29,34). The van der Waals surface area contributed by atoms with Gasteiger partial charge in [-0.15, -0.1) is 0 Å². The highest BCUT2D eigenvalue weighted by atomic mass is 19.1. The van der Waals surface area contributed by atoms with Crippen LogP contribution in [0.3, 0.4) is 0 Å². The van der Waals surface area contributed by atoms with Crippen LogP contribution in [-0.4, -0.2) is 48.2 Å². The highest BCUT2D eigenvalue weighted by molar-refractivity contribution is 6.05. The number of pyridine rings is 1. The van der Waals surface area contributed by atoms with Crippen LogP contribution in [0.15, 0.2) is 47.3 Å². The van der Waals surface area contributed by atoms with E-state index >= 15 is 0 Å². The predicted octanol–water partition coefficient (Wildman–Crippen LogP) is 2.95. The van der Waals surface area contributed by atoms with E-state index < -0.39 is 5.91 Å². The smallest absolute Gasteiger partial charge is 0.251 e. The van der Waals surface area contributed by atoms with Gasteiger partial charge in [-0.05, 0) is 61.7 Å². The molecule has 0 unspecified atom stereocenters. The molecular weight excluding hydrogens is 447 g/mol. The van der Waals surface area contributed by atoms with Gasteiger partial charge < -0.3 is 25.3 Å². The van der Waals surface area contributed by atoms with Crippen molar-refractivity contribution >= 4 is 16.8 Å². The molecule has 0 aliphatic carbocycles. The van der Waals surface area contributed by atoms with Gasteiger partial charge in [-0.1, -0.05) is 24.3 Å². The van der Waals surface area contributed by atoms with E-state index in [9.17, 15) is 14.0 Å². The van der Waals surface area contributed by atoms with E-state index in [1.54, 1.807) is 24.7 Å². The minimum atomic E-state index is -0.610. The van der Waals surface area contributed by atoms with Crippen LogP contribution in [0.2, 0.25) is 0 Å². The predicted molar refractivity (Wildman–Crippen MR) is 135 cm³/mol. The zero-order chi connectivity index (χ0) is 24.9. The van der Waals surface area contributed by atoms with Crippen molar-refractivity contribution in [2.45, 2.75) is 45.5 Å². The van der Waals surface area contributed by atoms with E-state index in [1.165, 1.54) is 6.07 Å². The molecule has 1 saturated heterocycles. The summed E-state index contributed by atoms with van der Waals surface area (Å²) >= 11 is 0. The first-order chi connectivity index (χ1) is 16.9. The van der Waals surface area contributed by atoms with Crippen LogP contribution in [-0.2, 0) is 24.4 Å². The Morgan fingerprint density at radius 2 is 1.86 bits per heavy atom. The molecule has 0 saturated carbocycles. The fourth-order valence-corrected chi connectivity index (χ4v) is 4.73. The number of piperidine rings is 1. The summed E-state index contributed by atoms with van der Waals surface area (Å²) in [5.74, 6) is -0.776. The summed E-state index contributed by atoms with van der Waals surface area (Å²) < 4.78 is 20.7. The molecule has 0 spiro atoms. The number of rotatable bonds is 9. The van der Waals surface area contributed by atoms with Gasteiger partial charge in [0.25, 0.3) is 5.56 Å². The first-order valence-electron chi connectivity index (χ1n) is 12.0. The number of fused-ring (bicyclic) bond motifs is 1. The molecule has 1 amide bonds. The number of amides is 1. The number of carbonyl (C=O) groups excluding carboxylic acids is 1. The minimum absolute atomic E-state index is 0.167. The van der Waals surface area contributed by atoms with Crippen LogP contribution < -0.4 is 16.6 Å². The SMILES string of the molecule is COCc1ccc2c(C(N)=O)cc(=O)n(CCN3CCC(NCc4ccc(C)c(F)c4)CC3)c2c1. The van der Waals surface area contributed by atoms with E-state index in [0.717, 1.165) is 43.6 Å². The molecule has 1 aliphatic rings. The number of hydrogen-bond donors (Lipinski definition) is 2. The summed E-state index contributed by atoms with van der Waals surface area (Å²) in [6.07, 6.45) is 1.98. The fourth-order valence-electron chi connectivity index (χ4n) is 4.73. The van der Waals surface area contributed by atoms with Crippen LogP contribution in [0.25, 0.3) is 10.9 Å². The Bertz CT molecular complexity index is 1270. The first-order valence-corrected chi connectivity index (χ1v) is 12.0. The topological polar surface area (TPSA) is 89.6 Å². The molecule has 1 aliphatic heterocycles. The number of benzene rings is 2. The third-order valence-electron chi connectivity index (χ3n) is 6.81. The third-order valence-corrected chi connectivity index (χ3v) is 6.81. The van der Waals surface area contributed by atoms with Crippen molar-refractivity contribution in [2.24, 2.45) is 5.73 Å². The van der Waals surface area contributed by atoms with Crippen molar-refractivity contribution < 1.29 is 13.9 Å². The average Bonchev–Trinajstić information content (AvgIpc) is 2.84. The molecule has 0 bridgehead atoms. The van der Waals surface area contributed by atoms with Crippen molar-refractivity contribution in [1.82, 2.24) is 14.8 Å². The quantitative estimate of drug-likeness (QED) is 0.492. The lowest BCUT2D eigenvalue weighted by molar-refractivity contribution is 0.100. The van der Waals surface area contributed by atoms with Crippen LogP contribution in [0.1, 0.15) is 39.9 Å². The second-order valence-electron chi connectivity index (χ2n) is 9.28. The Balaban J connectivity index is 1.39. The van der Waals surface area contributed by atoms with Gasteiger partial charge in [-0.2, -0.15) is 0 Å². The van der Waals surface area contributed by atoms with E-state index in [1.807, 2.05) is 30.3 Å². The zero-order valence-electron chi connectivity index (χ0n) is 20.4. The molecular formula is C27H33FN4O3. The highest BCUT2D eigenvalue weighted by Crippen LogP contribution is 2.20. The van der Waals surface area contributed by atoms with Crippen LogP contribution in [0, 0.1) is 12.7 Å². The van der Waals surface area contributed by atoms with Crippen molar-refractivity contribution in [3.8, 4) is 0 Å². The number of nitrogens with two attached hydrogens (primary N) is 1. The van der Waals surface area contributed by atoms with Gasteiger partial charge in [0.15, 0.2) is 0 Å². The highest BCUT2D eigenvalue weighted by Gasteiger charge is 2.20. The molecule has 8 heteroatoms. The molecule has 1 aromatic heterocycles. The van der Waals surface area contributed by atoms with Gasteiger partial charge >= 0.3 is 0 Å². The number of likely N-dealkylation sites (tertiary alicyclic amines) is 1. The Hall–Kier alpha value is -3.07. The number of nitrogens with one attached hydrogen (secondary N) is 1. The Labute approximate surface area is 204 Å². The Morgan fingerprint density at radius 1 is 1.11 bits per heavy atom. The molecule has 3 aromatic rings. The van der Waals surface area contributed by atoms with Crippen molar-refractivity contribution in [2.75, 3.05) is 26.7 Å².